The van der Waals surface area contributed by atoms with E-state index in [0.717, 1.165) is 11.6 Å². The van der Waals surface area contributed by atoms with Gasteiger partial charge in [0.2, 0.25) is 0 Å². The van der Waals surface area contributed by atoms with Crippen molar-refractivity contribution in [2.75, 3.05) is 0 Å². The molecule has 26 heavy (non-hydrogen) atoms. The Kier molecular flexibility index (Phi) is 4.92. The third kappa shape index (κ3) is 3.85. The summed E-state index contributed by atoms with van der Waals surface area (Å²) in [6.07, 6.45) is 1.60. The van der Waals surface area contributed by atoms with E-state index in [9.17, 15) is 18.4 Å². The van der Waals surface area contributed by atoms with E-state index in [0.29, 0.717) is 5.65 Å². The molecule has 0 aliphatic carbocycles. The van der Waals surface area contributed by atoms with Gasteiger partial charge < -0.3 is 9.47 Å². The smallest absolute Gasteiger partial charge is 0.387 e. The average molecular weight is 360 g/mol. The molecule has 0 aliphatic heterocycles. The van der Waals surface area contributed by atoms with E-state index in [4.69, 9.17) is 4.74 Å². The molecule has 0 aliphatic rings. The summed E-state index contributed by atoms with van der Waals surface area (Å²) in [5.41, 5.74) is 1.32. The van der Waals surface area contributed by atoms with Crippen LogP contribution in [0.3, 0.4) is 0 Å². The number of hydrogen-bond acceptors (Lipinski definition) is 5. The molecule has 8 heteroatoms. The molecule has 134 valence electrons. The highest BCUT2D eigenvalue weighted by atomic mass is 19.3. The monoisotopic (exact) mass is 360 g/mol. The first-order chi connectivity index (χ1) is 12.4. The second-order valence-corrected chi connectivity index (χ2v) is 5.45. The van der Waals surface area contributed by atoms with Crippen LogP contribution >= 0.6 is 0 Å². The van der Waals surface area contributed by atoms with Crippen LogP contribution in [-0.2, 0) is 11.3 Å². The number of alkyl halides is 2. The van der Waals surface area contributed by atoms with Crippen LogP contribution in [0.25, 0.3) is 5.65 Å². The Morgan fingerprint density at radius 2 is 2.04 bits per heavy atom. The number of esters is 1. The van der Waals surface area contributed by atoms with E-state index in [-0.39, 0.29) is 29.2 Å². The van der Waals surface area contributed by atoms with Gasteiger partial charge in [0.15, 0.2) is 0 Å². The van der Waals surface area contributed by atoms with Crippen molar-refractivity contribution in [3.8, 4) is 5.75 Å². The molecule has 0 spiro atoms. The summed E-state index contributed by atoms with van der Waals surface area (Å²) in [5, 5.41) is 0. The summed E-state index contributed by atoms with van der Waals surface area (Å²) in [5.74, 6) is -0.886. The van der Waals surface area contributed by atoms with Crippen molar-refractivity contribution in [1.82, 2.24) is 9.38 Å². The minimum absolute atomic E-state index is 0.0526. The second-order valence-electron chi connectivity index (χ2n) is 5.45. The number of carbonyl (C=O) groups is 1. The number of fused-ring (bicyclic) bond motifs is 1. The lowest BCUT2D eigenvalue weighted by Crippen LogP contribution is -2.17. The fraction of sp³-hybridized carbons (Fsp3) is 0.167. The van der Waals surface area contributed by atoms with Crippen molar-refractivity contribution in [3.05, 3.63) is 75.8 Å². The van der Waals surface area contributed by atoms with E-state index >= 15 is 0 Å². The van der Waals surface area contributed by atoms with Gasteiger partial charge in [-0.25, -0.2) is 9.78 Å². The zero-order chi connectivity index (χ0) is 18.7. The highest BCUT2D eigenvalue weighted by Crippen LogP contribution is 2.17. The lowest BCUT2D eigenvalue weighted by molar-refractivity contribution is -0.0499. The van der Waals surface area contributed by atoms with Crippen LogP contribution in [0.2, 0.25) is 0 Å². The molecule has 0 N–H and O–H groups in total. The van der Waals surface area contributed by atoms with Crippen LogP contribution in [0.15, 0.2) is 53.5 Å². The number of nitrogens with zero attached hydrogens (tertiary/aromatic N) is 2. The standard InChI is InChI=1S/C18H14F2N2O4/c1-11-4-3-7-22-15(23)9-13(21-16(11)22)10-25-17(24)12-5-2-6-14(8-12)26-18(19)20/h2-9,18H,10H2,1H3. The van der Waals surface area contributed by atoms with Gasteiger partial charge >= 0.3 is 12.6 Å². The van der Waals surface area contributed by atoms with Crippen molar-refractivity contribution in [1.29, 1.82) is 0 Å². The maximum atomic E-state index is 12.2. The molecule has 3 rings (SSSR count). The quantitative estimate of drug-likeness (QED) is 0.655. The summed E-state index contributed by atoms with van der Waals surface area (Å²) in [7, 11) is 0. The molecule has 6 nitrogen and oxygen atoms in total. The van der Waals surface area contributed by atoms with Gasteiger partial charge in [-0.15, -0.1) is 0 Å². The fourth-order valence-electron chi connectivity index (χ4n) is 2.40. The van der Waals surface area contributed by atoms with E-state index in [1.807, 2.05) is 13.0 Å². The second kappa shape index (κ2) is 7.30. The molecular weight excluding hydrogens is 346 g/mol. The Bertz CT molecular complexity index is 1020. The van der Waals surface area contributed by atoms with Gasteiger partial charge in [0.1, 0.15) is 18.0 Å². The van der Waals surface area contributed by atoms with Gasteiger partial charge in [-0.2, -0.15) is 8.78 Å². The van der Waals surface area contributed by atoms with Crippen LogP contribution in [0.1, 0.15) is 21.6 Å². The predicted molar refractivity (Wildman–Crippen MR) is 88.4 cm³/mol. The number of rotatable bonds is 5. The molecule has 0 saturated carbocycles. The number of ether oxygens (including phenoxy) is 2. The van der Waals surface area contributed by atoms with Gasteiger partial charge in [0.05, 0.1) is 11.3 Å². The summed E-state index contributed by atoms with van der Waals surface area (Å²) >= 11 is 0. The highest BCUT2D eigenvalue weighted by Gasteiger charge is 2.12. The number of hydrogen-bond donors (Lipinski definition) is 0. The number of benzene rings is 1. The average Bonchev–Trinajstić information content (AvgIpc) is 2.60. The highest BCUT2D eigenvalue weighted by molar-refractivity contribution is 5.89. The molecule has 0 atom stereocenters. The maximum absolute atomic E-state index is 12.2. The van der Waals surface area contributed by atoms with E-state index in [2.05, 4.69) is 9.72 Å². The van der Waals surface area contributed by atoms with Crippen LogP contribution in [0.4, 0.5) is 8.78 Å². The molecule has 0 unspecified atom stereocenters. The summed E-state index contributed by atoms with van der Waals surface area (Å²) in [6.45, 7) is -1.40. The predicted octanol–water partition coefficient (Wildman–Crippen LogP) is 2.96. The number of pyridine rings is 1. The molecule has 2 aromatic heterocycles. The Morgan fingerprint density at radius 1 is 1.23 bits per heavy atom. The van der Waals surface area contributed by atoms with Crippen LogP contribution in [0.5, 0.6) is 5.75 Å². The Balaban J connectivity index is 1.77. The largest absolute Gasteiger partial charge is 0.456 e. The maximum Gasteiger partial charge on any atom is 0.387 e. The zero-order valence-electron chi connectivity index (χ0n) is 13.7. The summed E-state index contributed by atoms with van der Waals surface area (Å²) in [6, 6.07) is 10.1. The van der Waals surface area contributed by atoms with E-state index in [1.54, 1.807) is 12.3 Å². The van der Waals surface area contributed by atoms with Crippen LogP contribution in [0, 0.1) is 6.92 Å². The van der Waals surface area contributed by atoms with Crippen LogP contribution < -0.4 is 10.3 Å². The first kappa shape index (κ1) is 17.5. The van der Waals surface area contributed by atoms with Crippen LogP contribution in [-0.4, -0.2) is 22.0 Å². The number of aryl methyl sites for hydroxylation is 1. The molecule has 1 aromatic carbocycles. The van der Waals surface area contributed by atoms with E-state index < -0.39 is 12.6 Å². The Labute approximate surface area is 146 Å². The normalized spacial score (nSPS) is 10.9. The van der Waals surface area contributed by atoms with Crippen molar-refractivity contribution < 1.29 is 23.0 Å². The Morgan fingerprint density at radius 3 is 2.81 bits per heavy atom. The first-order valence-electron chi connectivity index (χ1n) is 7.64. The van der Waals surface area contributed by atoms with Crippen molar-refractivity contribution in [3.63, 3.8) is 0 Å². The Hall–Kier alpha value is -3.29. The number of aromatic nitrogens is 2. The van der Waals surface area contributed by atoms with Crippen molar-refractivity contribution >= 4 is 11.6 Å². The van der Waals surface area contributed by atoms with Gasteiger partial charge in [-0.05, 0) is 36.8 Å². The third-order valence-corrected chi connectivity index (χ3v) is 3.59. The minimum Gasteiger partial charge on any atom is -0.456 e. The first-order valence-corrected chi connectivity index (χ1v) is 7.64. The summed E-state index contributed by atoms with van der Waals surface area (Å²) < 4.78 is 35.3. The zero-order valence-corrected chi connectivity index (χ0v) is 13.7. The van der Waals surface area contributed by atoms with Gasteiger partial charge in [-0.3, -0.25) is 9.20 Å². The lowest BCUT2D eigenvalue weighted by atomic mass is 10.2. The molecule has 0 radical (unpaired) electrons. The lowest BCUT2D eigenvalue weighted by Gasteiger charge is -2.08. The van der Waals surface area contributed by atoms with Crippen molar-refractivity contribution in [2.24, 2.45) is 0 Å². The minimum atomic E-state index is -2.99. The molecular formula is C18H14F2N2O4. The molecule has 3 aromatic rings. The topological polar surface area (TPSA) is 69.9 Å². The summed E-state index contributed by atoms with van der Waals surface area (Å²) in [4.78, 5) is 28.5. The number of carbonyl (C=O) groups excluding carboxylic acids is 1. The molecule has 2 heterocycles. The number of halogens is 2. The fourth-order valence-corrected chi connectivity index (χ4v) is 2.40. The molecule has 0 bridgehead atoms. The third-order valence-electron chi connectivity index (χ3n) is 3.59. The molecule has 0 saturated heterocycles. The van der Waals surface area contributed by atoms with E-state index in [1.165, 1.54) is 28.7 Å². The SMILES string of the molecule is Cc1cccn2c(=O)cc(COC(=O)c3cccc(OC(F)F)c3)nc12. The van der Waals surface area contributed by atoms with Gasteiger partial charge in [0, 0.05) is 12.3 Å². The van der Waals surface area contributed by atoms with Gasteiger partial charge in [-0.1, -0.05) is 12.1 Å². The molecule has 0 amide bonds. The molecule has 0 fully saturated rings. The van der Waals surface area contributed by atoms with Gasteiger partial charge in [0.25, 0.3) is 5.56 Å². The van der Waals surface area contributed by atoms with Crippen molar-refractivity contribution in [2.45, 2.75) is 20.1 Å².